The highest BCUT2D eigenvalue weighted by atomic mass is 16.5. The van der Waals surface area contributed by atoms with Gasteiger partial charge in [-0.2, -0.15) is 0 Å². The van der Waals surface area contributed by atoms with Gasteiger partial charge in [0.25, 0.3) is 0 Å². The molecule has 134 valence electrons. The summed E-state index contributed by atoms with van der Waals surface area (Å²) in [4.78, 5) is 11.1. The molecule has 0 bridgehead atoms. The molecule has 1 heterocycles. The molecule has 1 saturated carbocycles. The number of hydrogen-bond acceptors (Lipinski definition) is 5. The van der Waals surface area contributed by atoms with Crippen LogP contribution in [0.2, 0.25) is 0 Å². The summed E-state index contributed by atoms with van der Waals surface area (Å²) in [5, 5.41) is 6.94. The van der Waals surface area contributed by atoms with Gasteiger partial charge in [-0.1, -0.05) is 11.2 Å². The van der Waals surface area contributed by atoms with Gasteiger partial charge in [0.2, 0.25) is 5.91 Å². The van der Waals surface area contributed by atoms with E-state index in [0.29, 0.717) is 18.3 Å². The van der Waals surface area contributed by atoms with Crippen LogP contribution in [0.1, 0.15) is 57.0 Å². The van der Waals surface area contributed by atoms with Crippen molar-refractivity contribution in [3.05, 3.63) is 41.8 Å². The standard InChI is InChI=1S/C19H24N2O4/c1-4-23-15-6-5-7-16(10-15)24-17-8-14(9-17)18-11-19(25-21-18)12(2)20-13(3)22/h5-7,10-12,14,17H,4,8-9H2,1-3H3,(H,20,22)/t12-,14?,17?/m0/s1. The van der Waals surface area contributed by atoms with Gasteiger partial charge >= 0.3 is 0 Å². The predicted octanol–water partition coefficient (Wildman–Crippen LogP) is 3.60. The predicted molar refractivity (Wildman–Crippen MR) is 92.7 cm³/mol. The van der Waals surface area contributed by atoms with Crippen molar-refractivity contribution in [1.29, 1.82) is 0 Å². The number of ether oxygens (including phenoxy) is 2. The Hall–Kier alpha value is -2.50. The summed E-state index contributed by atoms with van der Waals surface area (Å²) in [7, 11) is 0. The third kappa shape index (κ3) is 4.32. The summed E-state index contributed by atoms with van der Waals surface area (Å²) in [5.41, 5.74) is 0.926. The minimum absolute atomic E-state index is 0.0863. The number of carbonyl (C=O) groups is 1. The smallest absolute Gasteiger partial charge is 0.217 e. The Balaban J connectivity index is 1.52. The summed E-state index contributed by atoms with van der Waals surface area (Å²) < 4.78 is 16.8. The lowest BCUT2D eigenvalue weighted by molar-refractivity contribution is -0.119. The number of nitrogens with zero attached hydrogens (tertiary/aromatic N) is 1. The Kier molecular flexibility index (Phi) is 5.26. The molecule has 0 saturated heterocycles. The topological polar surface area (TPSA) is 73.6 Å². The van der Waals surface area contributed by atoms with E-state index in [-0.39, 0.29) is 18.1 Å². The molecule has 1 aromatic heterocycles. The van der Waals surface area contributed by atoms with Gasteiger partial charge < -0.3 is 19.3 Å². The largest absolute Gasteiger partial charge is 0.494 e. The van der Waals surface area contributed by atoms with E-state index < -0.39 is 0 Å². The fraction of sp³-hybridized carbons (Fsp3) is 0.474. The Morgan fingerprint density at radius 3 is 2.84 bits per heavy atom. The van der Waals surface area contributed by atoms with Gasteiger partial charge in [-0.3, -0.25) is 4.79 Å². The fourth-order valence-corrected chi connectivity index (χ4v) is 2.98. The maximum Gasteiger partial charge on any atom is 0.217 e. The van der Waals surface area contributed by atoms with Crippen LogP contribution in [0.5, 0.6) is 11.5 Å². The van der Waals surface area contributed by atoms with Crippen molar-refractivity contribution < 1.29 is 18.8 Å². The zero-order valence-corrected chi connectivity index (χ0v) is 14.8. The van der Waals surface area contributed by atoms with E-state index in [4.69, 9.17) is 14.0 Å². The third-order valence-electron chi connectivity index (χ3n) is 4.33. The molecule has 0 radical (unpaired) electrons. The molecule has 1 atom stereocenters. The molecule has 25 heavy (non-hydrogen) atoms. The molecule has 3 rings (SSSR count). The summed E-state index contributed by atoms with van der Waals surface area (Å²) in [6, 6.07) is 9.47. The van der Waals surface area contributed by atoms with Crippen LogP contribution in [0, 0.1) is 0 Å². The van der Waals surface area contributed by atoms with Crippen molar-refractivity contribution in [2.45, 2.75) is 51.7 Å². The average Bonchev–Trinajstić information content (AvgIpc) is 3.00. The van der Waals surface area contributed by atoms with E-state index in [0.717, 1.165) is 30.0 Å². The van der Waals surface area contributed by atoms with Gasteiger partial charge in [0.1, 0.15) is 11.5 Å². The van der Waals surface area contributed by atoms with Crippen molar-refractivity contribution in [2.75, 3.05) is 6.61 Å². The van der Waals surface area contributed by atoms with Crippen LogP contribution in [-0.4, -0.2) is 23.8 Å². The first kappa shape index (κ1) is 17.3. The van der Waals surface area contributed by atoms with E-state index in [1.807, 2.05) is 44.2 Å². The summed E-state index contributed by atoms with van der Waals surface area (Å²) in [6.07, 6.45) is 1.98. The summed E-state index contributed by atoms with van der Waals surface area (Å²) in [6.45, 7) is 5.97. The maximum absolute atomic E-state index is 11.1. The molecular formula is C19H24N2O4. The molecule has 1 N–H and O–H groups in total. The minimum Gasteiger partial charge on any atom is -0.494 e. The molecule has 0 spiro atoms. The lowest BCUT2D eigenvalue weighted by atomic mass is 9.80. The van der Waals surface area contributed by atoms with Crippen LogP contribution in [0.25, 0.3) is 0 Å². The molecule has 6 heteroatoms. The maximum atomic E-state index is 11.1. The zero-order chi connectivity index (χ0) is 17.8. The van der Waals surface area contributed by atoms with Gasteiger partial charge in [-0.15, -0.1) is 0 Å². The van der Waals surface area contributed by atoms with Gasteiger partial charge in [-0.25, -0.2) is 0 Å². The van der Waals surface area contributed by atoms with Crippen LogP contribution in [-0.2, 0) is 4.79 Å². The van der Waals surface area contributed by atoms with Crippen LogP contribution < -0.4 is 14.8 Å². The normalized spacial score (nSPS) is 20.4. The minimum atomic E-state index is -0.174. The second-order valence-corrected chi connectivity index (χ2v) is 6.39. The lowest BCUT2D eigenvalue weighted by Gasteiger charge is -2.34. The van der Waals surface area contributed by atoms with Crippen LogP contribution in [0.4, 0.5) is 0 Å². The molecule has 1 amide bonds. The van der Waals surface area contributed by atoms with Crippen LogP contribution in [0.3, 0.4) is 0 Å². The highest BCUT2D eigenvalue weighted by Crippen LogP contribution is 2.39. The van der Waals surface area contributed by atoms with Gasteiger partial charge in [0.05, 0.1) is 24.4 Å². The number of benzene rings is 1. The first-order valence-corrected chi connectivity index (χ1v) is 8.68. The van der Waals surface area contributed by atoms with E-state index >= 15 is 0 Å². The first-order valence-electron chi connectivity index (χ1n) is 8.68. The molecule has 2 aromatic rings. The quantitative estimate of drug-likeness (QED) is 0.831. The van der Waals surface area contributed by atoms with Crippen LogP contribution in [0.15, 0.2) is 34.9 Å². The molecule has 1 aromatic carbocycles. The van der Waals surface area contributed by atoms with Crippen molar-refractivity contribution >= 4 is 5.91 Å². The molecule has 1 aliphatic rings. The van der Waals surface area contributed by atoms with Crippen molar-refractivity contribution in [3.63, 3.8) is 0 Å². The lowest BCUT2D eigenvalue weighted by Crippen LogP contribution is -2.32. The van der Waals surface area contributed by atoms with Crippen molar-refractivity contribution in [3.8, 4) is 11.5 Å². The summed E-state index contributed by atoms with van der Waals surface area (Å²) >= 11 is 0. The summed E-state index contributed by atoms with van der Waals surface area (Å²) in [5.74, 6) is 2.58. The van der Waals surface area contributed by atoms with E-state index in [2.05, 4.69) is 10.5 Å². The molecule has 1 fully saturated rings. The number of hydrogen-bond donors (Lipinski definition) is 1. The van der Waals surface area contributed by atoms with Crippen molar-refractivity contribution in [1.82, 2.24) is 10.5 Å². The van der Waals surface area contributed by atoms with Gasteiger partial charge in [-0.05, 0) is 38.8 Å². The van der Waals surface area contributed by atoms with E-state index in [9.17, 15) is 4.79 Å². The Morgan fingerprint density at radius 1 is 1.36 bits per heavy atom. The molecule has 1 aliphatic carbocycles. The monoisotopic (exact) mass is 344 g/mol. The molecular weight excluding hydrogens is 320 g/mol. The van der Waals surface area contributed by atoms with Gasteiger partial charge in [0.15, 0.2) is 5.76 Å². The highest BCUT2D eigenvalue weighted by Gasteiger charge is 2.34. The zero-order valence-electron chi connectivity index (χ0n) is 14.8. The van der Waals surface area contributed by atoms with E-state index in [1.165, 1.54) is 6.92 Å². The first-order chi connectivity index (χ1) is 12.0. The highest BCUT2D eigenvalue weighted by molar-refractivity contribution is 5.73. The van der Waals surface area contributed by atoms with Crippen molar-refractivity contribution in [2.24, 2.45) is 0 Å². The third-order valence-corrected chi connectivity index (χ3v) is 4.33. The second kappa shape index (κ2) is 7.59. The average molecular weight is 344 g/mol. The second-order valence-electron chi connectivity index (χ2n) is 6.39. The molecule has 0 aliphatic heterocycles. The number of carbonyl (C=O) groups excluding carboxylic acids is 1. The van der Waals surface area contributed by atoms with E-state index in [1.54, 1.807) is 0 Å². The number of aromatic nitrogens is 1. The Morgan fingerprint density at radius 2 is 2.12 bits per heavy atom. The van der Waals surface area contributed by atoms with Gasteiger partial charge in [0, 0.05) is 25.0 Å². The molecule has 0 unspecified atom stereocenters. The van der Waals surface area contributed by atoms with Crippen LogP contribution >= 0.6 is 0 Å². The SMILES string of the molecule is CCOc1cccc(OC2CC(c3cc([C@H](C)NC(C)=O)on3)C2)c1. The Bertz CT molecular complexity index is 722. The fourth-order valence-electron chi connectivity index (χ4n) is 2.98. The Labute approximate surface area is 147 Å². The molecule has 6 nitrogen and oxygen atoms in total. The number of rotatable bonds is 7. The number of amides is 1. The number of nitrogens with one attached hydrogen (secondary N) is 1.